The first-order valence-electron chi connectivity index (χ1n) is 7.25. The van der Waals surface area contributed by atoms with Crippen LogP contribution in [0, 0.1) is 5.92 Å². The molecule has 8 heteroatoms. The minimum Gasteiger partial charge on any atom is -0.454 e. The Labute approximate surface area is 142 Å². The summed E-state index contributed by atoms with van der Waals surface area (Å²) < 4.78 is 11.3. The van der Waals surface area contributed by atoms with E-state index >= 15 is 0 Å². The average Bonchev–Trinajstić information content (AvgIpc) is 3.18. The van der Waals surface area contributed by atoms with Crippen molar-refractivity contribution in [2.75, 3.05) is 24.4 Å². The molecule has 0 saturated heterocycles. The SMILES string of the molecule is CC(C)CNc1nnc(SCC(=O)c2ccc3c(c2)OCO3)s1. The summed E-state index contributed by atoms with van der Waals surface area (Å²) in [6, 6.07) is 5.24. The zero-order valence-corrected chi connectivity index (χ0v) is 14.5. The standard InChI is InChI=1S/C15H17N3O3S2/c1-9(2)6-16-14-17-18-15(23-14)22-7-11(19)10-3-4-12-13(5-10)21-8-20-12/h3-5,9H,6-8H2,1-2H3,(H,16,17). The van der Waals surface area contributed by atoms with Crippen LogP contribution in [-0.2, 0) is 0 Å². The van der Waals surface area contributed by atoms with E-state index in [9.17, 15) is 4.79 Å². The fourth-order valence-electron chi connectivity index (χ4n) is 1.91. The number of Topliss-reactive ketones (excluding diaryl/α,β-unsaturated/α-hetero) is 1. The number of carbonyl (C=O) groups is 1. The van der Waals surface area contributed by atoms with E-state index in [0.717, 1.165) is 16.0 Å². The van der Waals surface area contributed by atoms with Gasteiger partial charge < -0.3 is 14.8 Å². The Morgan fingerprint density at radius 3 is 3.00 bits per heavy atom. The highest BCUT2D eigenvalue weighted by Gasteiger charge is 2.17. The number of nitrogens with zero attached hydrogens (tertiary/aromatic N) is 2. The summed E-state index contributed by atoms with van der Waals surface area (Å²) in [4.78, 5) is 12.3. The van der Waals surface area contributed by atoms with E-state index in [1.54, 1.807) is 18.2 Å². The van der Waals surface area contributed by atoms with Gasteiger partial charge in [0.15, 0.2) is 21.6 Å². The number of rotatable bonds is 7. The molecule has 3 rings (SSSR count). The maximum absolute atomic E-state index is 12.3. The number of thioether (sulfide) groups is 1. The Morgan fingerprint density at radius 1 is 1.35 bits per heavy atom. The van der Waals surface area contributed by atoms with Gasteiger partial charge in [0.1, 0.15) is 0 Å². The van der Waals surface area contributed by atoms with Crippen molar-refractivity contribution in [1.82, 2.24) is 10.2 Å². The van der Waals surface area contributed by atoms with Gasteiger partial charge in [-0.1, -0.05) is 36.9 Å². The minimum atomic E-state index is 0.0280. The Kier molecular flexibility index (Phi) is 5.02. The number of anilines is 1. The lowest BCUT2D eigenvalue weighted by atomic mass is 10.1. The molecule has 1 aliphatic heterocycles. The van der Waals surface area contributed by atoms with Gasteiger partial charge in [-0.3, -0.25) is 4.79 Å². The van der Waals surface area contributed by atoms with Gasteiger partial charge in [-0.2, -0.15) is 0 Å². The zero-order valence-electron chi connectivity index (χ0n) is 12.9. The molecule has 0 amide bonds. The zero-order chi connectivity index (χ0) is 16.2. The van der Waals surface area contributed by atoms with Gasteiger partial charge in [0.05, 0.1) is 5.75 Å². The normalized spacial score (nSPS) is 12.7. The molecule has 1 aromatic carbocycles. The van der Waals surface area contributed by atoms with Crippen LogP contribution >= 0.6 is 23.1 Å². The van der Waals surface area contributed by atoms with Crippen LogP contribution < -0.4 is 14.8 Å². The van der Waals surface area contributed by atoms with Gasteiger partial charge >= 0.3 is 0 Å². The van der Waals surface area contributed by atoms with Crippen molar-refractivity contribution in [2.45, 2.75) is 18.2 Å². The fourth-order valence-corrected chi connectivity index (χ4v) is 3.56. The molecule has 2 aromatic rings. The lowest BCUT2D eigenvalue weighted by Crippen LogP contribution is -2.07. The van der Waals surface area contributed by atoms with E-state index in [1.807, 2.05) is 0 Å². The smallest absolute Gasteiger partial charge is 0.231 e. The average molecular weight is 351 g/mol. The van der Waals surface area contributed by atoms with Crippen molar-refractivity contribution in [3.05, 3.63) is 23.8 Å². The maximum atomic E-state index is 12.3. The number of carbonyl (C=O) groups excluding carboxylic acids is 1. The second-order valence-electron chi connectivity index (χ2n) is 5.43. The summed E-state index contributed by atoms with van der Waals surface area (Å²) in [5.74, 6) is 2.19. The number of ether oxygens (including phenoxy) is 2. The maximum Gasteiger partial charge on any atom is 0.231 e. The van der Waals surface area contributed by atoms with Crippen LogP contribution in [0.5, 0.6) is 11.5 Å². The number of hydrogen-bond donors (Lipinski definition) is 1. The third kappa shape index (κ3) is 4.14. The van der Waals surface area contributed by atoms with Crippen LogP contribution in [-0.4, -0.2) is 35.1 Å². The number of ketones is 1. The van der Waals surface area contributed by atoms with Crippen LogP contribution in [0.2, 0.25) is 0 Å². The molecule has 0 spiro atoms. The van der Waals surface area contributed by atoms with E-state index in [-0.39, 0.29) is 12.6 Å². The first kappa shape index (κ1) is 16.1. The number of benzene rings is 1. The largest absolute Gasteiger partial charge is 0.454 e. The summed E-state index contributed by atoms with van der Waals surface area (Å²) >= 11 is 2.86. The highest BCUT2D eigenvalue weighted by Crippen LogP contribution is 2.33. The molecule has 1 aromatic heterocycles. The highest BCUT2D eigenvalue weighted by atomic mass is 32.2. The molecule has 23 heavy (non-hydrogen) atoms. The molecule has 0 aliphatic carbocycles. The summed E-state index contributed by atoms with van der Waals surface area (Å²) in [6.45, 7) is 5.33. The first-order valence-corrected chi connectivity index (χ1v) is 9.05. The predicted molar refractivity (Wildman–Crippen MR) is 90.9 cm³/mol. The fraction of sp³-hybridized carbons (Fsp3) is 0.400. The molecule has 0 saturated carbocycles. The molecule has 122 valence electrons. The summed E-state index contributed by atoms with van der Waals surface area (Å²) in [5, 5.41) is 12.2. The topological polar surface area (TPSA) is 73.3 Å². The van der Waals surface area contributed by atoms with Gasteiger partial charge in [0, 0.05) is 12.1 Å². The Balaban J connectivity index is 1.55. The van der Waals surface area contributed by atoms with Gasteiger partial charge in [0.2, 0.25) is 11.9 Å². The third-order valence-corrected chi connectivity index (χ3v) is 5.10. The van der Waals surface area contributed by atoms with E-state index < -0.39 is 0 Å². The minimum absolute atomic E-state index is 0.0280. The lowest BCUT2D eigenvalue weighted by molar-refractivity contribution is 0.102. The van der Waals surface area contributed by atoms with Gasteiger partial charge in [-0.05, 0) is 24.1 Å². The van der Waals surface area contributed by atoms with Crippen LogP contribution in [0.4, 0.5) is 5.13 Å². The lowest BCUT2D eigenvalue weighted by Gasteiger charge is -2.03. The van der Waals surface area contributed by atoms with Gasteiger partial charge in [-0.25, -0.2) is 0 Å². The van der Waals surface area contributed by atoms with Gasteiger partial charge in [-0.15, -0.1) is 10.2 Å². The second-order valence-corrected chi connectivity index (χ2v) is 7.63. The number of aromatic nitrogens is 2. The molecular weight excluding hydrogens is 334 g/mol. The van der Waals surface area contributed by atoms with E-state index in [1.165, 1.54) is 23.1 Å². The molecule has 0 atom stereocenters. The van der Waals surface area contributed by atoms with Crippen LogP contribution in [0.25, 0.3) is 0 Å². The van der Waals surface area contributed by atoms with Crippen molar-refractivity contribution in [3.8, 4) is 11.5 Å². The van der Waals surface area contributed by atoms with Crippen molar-refractivity contribution >= 4 is 34.0 Å². The molecule has 1 N–H and O–H groups in total. The van der Waals surface area contributed by atoms with Gasteiger partial charge in [0.25, 0.3) is 0 Å². The number of hydrogen-bond acceptors (Lipinski definition) is 8. The van der Waals surface area contributed by atoms with E-state index in [2.05, 4.69) is 29.4 Å². The molecular formula is C15H17N3O3S2. The summed E-state index contributed by atoms with van der Waals surface area (Å²) in [7, 11) is 0. The molecule has 6 nitrogen and oxygen atoms in total. The monoisotopic (exact) mass is 351 g/mol. The Hall–Kier alpha value is -1.80. The Bertz CT molecular complexity index is 703. The molecule has 0 bridgehead atoms. The molecule has 1 aliphatic rings. The van der Waals surface area contributed by atoms with Crippen LogP contribution in [0.3, 0.4) is 0 Å². The van der Waals surface area contributed by atoms with Crippen LogP contribution in [0.1, 0.15) is 24.2 Å². The van der Waals surface area contributed by atoms with Crippen molar-refractivity contribution in [3.63, 3.8) is 0 Å². The molecule has 0 radical (unpaired) electrons. The van der Waals surface area contributed by atoms with E-state index in [0.29, 0.717) is 28.7 Å². The van der Waals surface area contributed by atoms with Crippen molar-refractivity contribution < 1.29 is 14.3 Å². The predicted octanol–water partition coefficient (Wildman–Crippen LogP) is 3.31. The number of fused-ring (bicyclic) bond motifs is 1. The molecule has 0 fully saturated rings. The quantitative estimate of drug-likeness (QED) is 0.606. The summed E-state index contributed by atoms with van der Waals surface area (Å²) in [5.41, 5.74) is 0.615. The first-order chi connectivity index (χ1) is 11.1. The molecule has 0 unspecified atom stereocenters. The third-order valence-electron chi connectivity index (χ3n) is 3.09. The van der Waals surface area contributed by atoms with Crippen molar-refractivity contribution in [1.29, 1.82) is 0 Å². The summed E-state index contributed by atoms with van der Waals surface area (Å²) in [6.07, 6.45) is 0. The van der Waals surface area contributed by atoms with E-state index in [4.69, 9.17) is 9.47 Å². The van der Waals surface area contributed by atoms with Crippen LogP contribution in [0.15, 0.2) is 22.5 Å². The second kappa shape index (κ2) is 7.18. The number of nitrogens with one attached hydrogen (secondary N) is 1. The highest BCUT2D eigenvalue weighted by molar-refractivity contribution is 8.01. The Morgan fingerprint density at radius 2 is 2.17 bits per heavy atom. The van der Waals surface area contributed by atoms with Crippen molar-refractivity contribution in [2.24, 2.45) is 5.92 Å². The molecule has 2 heterocycles.